The number of alkyl halides is 3. The Kier molecular flexibility index (Phi) is 5.49. The highest BCUT2D eigenvalue weighted by molar-refractivity contribution is 6.22. The number of esters is 2. The number of hydrogen-bond acceptors (Lipinski definition) is 4. The van der Waals surface area contributed by atoms with E-state index < -0.39 is 29.8 Å². The second-order valence-electron chi connectivity index (χ2n) is 2.65. The fourth-order valence-corrected chi connectivity index (χ4v) is 0.918. The lowest BCUT2D eigenvalue weighted by Gasteiger charge is -2.20. The largest absolute Gasteiger partial charge is 0.466 e. The molecule has 0 bridgehead atoms. The van der Waals surface area contributed by atoms with Crippen LogP contribution in [-0.2, 0) is 19.1 Å². The van der Waals surface area contributed by atoms with Gasteiger partial charge in [0, 0.05) is 6.92 Å². The maximum Gasteiger partial charge on any atom is 0.358 e. The van der Waals surface area contributed by atoms with Gasteiger partial charge in [0.1, 0.15) is 0 Å². The highest BCUT2D eigenvalue weighted by Gasteiger charge is 2.41. The van der Waals surface area contributed by atoms with E-state index in [1.807, 2.05) is 0 Å². The molecule has 1 unspecified atom stereocenters. The summed E-state index contributed by atoms with van der Waals surface area (Å²) in [5.74, 6) is -1.84. The topological polar surface area (TPSA) is 52.6 Å². The summed E-state index contributed by atoms with van der Waals surface area (Å²) in [6, 6.07) is 0. The first kappa shape index (κ1) is 14.1. The van der Waals surface area contributed by atoms with Crippen molar-refractivity contribution in [2.45, 2.75) is 31.8 Å². The fraction of sp³-hybridized carbons (Fsp3) is 0.750. The number of carbonyl (C=O) groups is 2. The summed E-state index contributed by atoms with van der Waals surface area (Å²) in [5.41, 5.74) is 0. The normalized spacial score (nSPS) is 13.1. The van der Waals surface area contributed by atoms with Crippen molar-refractivity contribution in [1.29, 1.82) is 0 Å². The first-order valence-corrected chi connectivity index (χ1v) is 4.54. The maximum atomic E-state index is 12.6. The van der Waals surface area contributed by atoms with Gasteiger partial charge in [0.2, 0.25) is 0 Å². The predicted octanol–water partition coefficient (Wildman–Crippen LogP) is 1.70. The van der Waals surface area contributed by atoms with Gasteiger partial charge in [0.15, 0.2) is 6.10 Å². The molecule has 0 saturated heterocycles. The molecule has 0 aliphatic carbocycles. The molecule has 0 radical (unpaired) electrons. The molecule has 15 heavy (non-hydrogen) atoms. The quantitative estimate of drug-likeness (QED) is 0.546. The van der Waals surface area contributed by atoms with Gasteiger partial charge < -0.3 is 9.47 Å². The van der Waals surface area contributed by atoms with Crippen molar-refractivity contribution >= 4 is 23.5 Å². The van der Waals surface area contributed by atoms with Gasteiger partial charge in [-0.25, -0.2) is 0 Å². The lowest BCUT2D eigenvalue weighted by Crippen LogP contribution is -2.34. The third-order valence-electron chi connectivity index (χ3n) is 1.33. The molecule has 0 aromatic rings. The Hall–Kier alpha value is -0.910. The molecule has 0 heterocycles. The molecule has 0 N–H and O–H groups in total. The van der Waals surface area contributed by atoms with E-state index in [1.165, 1.54) is 6.92 Å². The second kappa shape index (κ2) is 5.85. The molecule has 7 heteroatoms. The van der Waals surface area contributed by atoms with E-state index in [0.717, 1.165) is 6.92 Å². The van der Waals surface area contributed by atoms with Gasteiger partial charge in [0.05, 0.1) is 13.0 Å². The Bertz CT molecular complexity index is 239. The first-order chi connectivity index (χ1) is 6.77. The van der Waals surface area contributed by atoms with Crippen LogP contribution in [0.5, 0.6) is 0 Å². The Morgan fingerprint density at radius 2 is 2.00 bits per heavy atom. The molecule has 0 rings (SSSR count). The Morgan fingerprint density at radius 3 is 2.33 bits per heavy atom. The van der Waals surface area contributed by atoms with Gasteiger partial charge in [0.25, 0.3) is 0 Å². The standard InChI is InChI=1S/C8H11ClF2O4/c1-3-14-7(13)4-6(8(9,10)11)15-5(2)12/h6H,3-4H2,1-2H3. The van der Waals surface area contributed by atoms with Crippen LogP contribution in [-0.4, -0.2) is 30.0 Å². The van der Waals surface area contributed by atoms with Crippen LogP contribution in [0.15, 0.2) is 0 Å². The van der Waals surface area contributed by atoms with Crippen LogP contribution in [0.3, 0.4) is 0 Å². The van der Waals surface area contributed by atoms with E-state index in [0.29, 0.717) is 0 Å². The summed E-state index contributed by atoms with van der Waals surface area (Å²) in [6.45, 7) is 2.53. The van der Waals surface area contributed by atoms with Gasteiger partial charge in [-0.05, 0) is 18.5 Å². The van der Waals surface area contributed by atoms with E-state index in [4.69, 9.17) is 0 Å². The Morgan fingerprint density at radius 1 is 1.47 bits per heavy atom. The highest BCUT2D eigenvalue weighted by Crippen LogP contribution is 2.28. The minimum absolute atomic E-state index is 0.0550. The van der Waals surface area contributed by atoms with Crippen molar-refractivity contribution in [2.75, 3.05) is 6.61 Å². The van der Waals surface area contributed by atoms with Gasteiger partial charge in [-0.1, -0.05) is 0 Å². The summed E-state index contributed by atoms with van der Waals surface area (Å²) >= 11 is 4.67. The molecule has 1 atom stereocenters. The number of halogens is 3. The van der Waals surface area contributed by atoms with Crippen LogP contribution < -0.4 is 0 Å². The van der Waals surface area contributed by atoms with Crippen molar-refractivity contribution in [1.82, 2.24) is 0 Å². The molecule has 0 amide bonds. The number of ether oxygens (including phenoxy) is 2. The molecular formula is C8H11ClF2O4. The molecule has 0 spiro atoms. The Balaban J connectivity index is 4.38. The van der Waals surface area contributed by atoms with Gasteiger partial charge >= 0.3 is 17.3 Å². The minimum Gasteiger partial charge on any atom is -0.466 e. The molecule has 0 aromatic carbocycles. The molecule has 88 valence electrons. The summed E-state index contributed by atoms with van der Waals surface area (Å²) in [4.78, 5) is 21.4. The SMILES string of the molecule is CCOC(=O)CC(OC(C)=O)C(F)(F)Cl. The van der Waals surface area contributed by atoms with E-state index in [-0.39, 0.29) is 6.61 Å². The molecule has 0 saturated carbocycles. The van der Waals surface area contributed by atoms with Crippen molar-refractivity contribution < 1.29 is 27.8 Å². The fourth-order valence-electron chi connectivity index (χ4n) is 0.796. The summed E-state index contributed by atoms with van der Waals surface area (Å²) in [7, 11) is 0. The van der Waals surface area contributed by atoms with Gasteiger partial charge in [-0.15, -0.1) is 0 Å². The zero-order valence-corrected chi connectivity index (χ0v) is 9.01. The van der Waals surface area contributed by atoms with E-state index >= 15 is 0 Å². The third kappa shape index (κ3) is 6.22. The predicted molar refractivity (Wildman–Crippen MR) is 47.6 cm³/mol. The van der Waals surface area contributed by atoms with Crippen LogP contribution in [0, 0.1) is 0 Å². The van der Waals surface area contributed by atoms with Crippen molar-refractivity contribution in [3.05, 3.63) is 0 Å². The summed E-state index contributed by atoms with van der Waals surface area (Å²) in [5, 5.41) is -3.79. The zero-order valence-electron chi connectivity index (χ0n) is 8.26. The number of carbonyl (C=O) groups excluding carboxylic acids is 2. The third-order valence-corrected chi connectivity index (χ3v) is 1.57. The van der Waals surface area contributed by atoms with Crippen molar-refractivity contribution in [2.24, 2.45) is 0 Å². The molecule has 0 aliphatic rings. The van der Waals surface area contributed by atoms with Crippen LogP contribution in [0.4, 0.5) is 8.78 Å². The summed E-state index contributed by atoms with van der Waals surface area (Å²) in [6.07, 6.45) is -2.78. The second-order valence-corrected chi connectivity index (χ2v) is 3.15. The van der Waals surface area contributed by atoms with Crippen LogP contribution in [0.2, 0.25) is 0 Å². The molecule has 0 aromatic heterocycles. The zero-order chi connectivity index (χ0) is 12.1. The lowest BCUT2D eigenvalue weighted by atomic mass is 10.2. The van der Waals surface area contributed by atoms with E-state index in [2.05, 4.69) is 21.1 Å². The van der Waals surface area contributed by atoms with E-state index in [1.54, 1.807) is 0 Å². The average molecular weight is 245 g/mol. The maximum absolute atomic E-state index is 12.6. The monoisotopic (exact) mass is 244 g/mol. The minimum atomic E-state index is -3.79. The van der Waals surface area contributed by atoms with Crippen LogP contribution in [0.1, 0.15) is 20.3 Å². The molecular weight excluding hydrogens is 234 g/mol. The van der Waals surface area contributed by atoms with Gasteiger partial charge in [-0.2, -0.15) is 8.78 Å². The molecule has 0 fully saturated rings. The summed E-state index contributed by atoms with van der Waals surface area (Å²) < 4.78 is 33.9. The smallest absolute Gasteiger partial charge is 0.358 e. The number of rotatable bonds is 5. The molecule has 0 aliphatic heterocycles. The molecule has 4 nitrogen and oxygen atoms in total. The van der Waals surface area contributed by atoms with Gasteiger partial charge in [-0.3, -0.25) is 9.59 Å². The van der Waals surface area contributed by atoms with Crippen LogP contribution >= 0.6 is 11.6 Å². The number of hydrogen-bond donors (Lipinski definition) is 0. The van der Waals surface area contributed by atoms with Crippen molar-refractivity contribution in [3.63, 3.8) is 0 Å². The highest BCUT2D eigenvalue weighted by atomic mass is 35.5. The Labute approximate surface area is 90.5 Å². The average Bonchev–Trinajstić information content (AvgIpc) is 2.00. The lowest BCUT2D eigenvalue weighted by molar-refractivity contribution is -0.165. The van der Waals surface area contributed by atoms with Crippen molar-refractivity contribution in [3.8, 4) is 0 Å². The van der Waals surface area contributed by atoms with Crippen LogP contribution in [0.25, 0.3) is 0 Å². The first-order valence-electron chi connectivity index (χ1n) is 4.17. The van der Waals surface area contributed by atoms with E-state index in [9.17, 15) is 18.4 Å².